The number of esters is 1. The van der Waals surface area contributed by atoms with Gasteiger partial charge in [0.05, 0.1) is 20.2 Å². The molecule has 0 aliphatic rings. The van der Waals surface area contributed by atoms with Crippen LogP contribution in [0.25, 0.3) is 0 Å². The first-order chi connectivity index (χ1) is 8.07. The van der Waals surface area contributed by atoms with E-state index in [4.69, 9.17) is 0 Å². The summed E-state index contributed by atoms with van der Waals surface area (Å²) in [4.78, 5) is 24.6. The van der Waals surface area contributed by atoms with Gasteiger partial charge in [-0.3, -0.25) is 14.5 Å². The maximum absolute atomic E-state index is 11.7. The molecule has 17 heavy (non-hydrogen) atoms. The molecule has 0 aliphatic heterocycles. The van der Waals surface area contributed by atoms with Crippen LogP contribution in [0.5, 0.6) is 0 Å². The predicted octanol–water partition coefficient (Wildman–Crippen LogP) is 0.786. The average Bonchev–Trinajstić information content (AvgIpc) is 2.34. The number of nitrogens with one attached hydrogen (secondary N) is 1. The summed E-state index contributed by atoms with van der Waals surface area (Å²) in [6.07, 6.45) is 1.84. The molecule has 0 fully saturated rings. The summed E-state index contributed by atoms with van der Waals surface area (Å²) < 4.78 is 4.58. The van der Waals surface area contributed by atoms with Gasteiger partial charge in [-0.25, -0.2) is 0 Å². The molecule has 100 valence electrons. The van der Waals surface area contributed by atoms with Crippen LogP contribution in [-0.2, 0) is 14.3 Å². The van der Waals surface area contributed by atoms with E-state index >= 15 is 0 Å². The molecular weight excluding hydrogens is 220 g/mol. The fraction of sp³-hybridized carbons (Fsp3) is 0.833. The molecule has 1 amide bonds. The van der Waals surface area contributed by atoms with E-state index in [1.54, 1.807) is 4.90 Å². The lowest BCUT2D eigenvalue weighted by molar-refractivity contribution is -0.142. The minimum atomic E-state index is -0.317. The molecule has 1 N–H and O–H groups in total. The lowest BCUT2D eigenvalue weighted by Gasteiger charge is -2.20. The highest BCUT2D eigenvalue weighted by Gasteiger charge is 2.14. The van der Waals surface area contributed by atoms with Crippen molar-refractivity contribution in [2.75, 3.05) is 26.7 Å². The summed E-state index contributed by atoms with van der Waals surface area (Å²) in [5, 5.41) is 2.94. The van der Waals surface area contributed by atoms with Crippen LogP contribution in [-0.4, -0.2) is 49.6 Å². The van der Waals surface area contributed by atoms with Crippen molar-refractivity contribution in [3.8, 4) is 0 Å². The fourth-order valence-corrected chi connectivity index (χ4v) is 1.50. The molecule has 0 saturated heterocycles. The topological polar surface area (TPSA) is 58.6 Å². The number of rotatable bonds is 8. The van der Waals surface area contributed by atoms with E-state index in [0.717, 1.165) is 12.8 Å². The molecule has 0 saturated carbocycles. The van der Waals surface area contributed by atoms with Gasteiger partial charge >= 0.3 is 5.97 Å². The molecule has 5 nitrogen and oxygen atoms in total. The van der Waals surface area contributed by atoms with Crippen molar-refractivity contribution in [3.63, 3.8) is 0 Å². The summed E-state index contributed by atoms with van der Waals surface area (Å²) in [5.74, 6) is -0.355. The molecule has 0 bridgehead atoms. The van der Waals surface area contributed by atoms with Crippen LogP contribution >= 0.6 is 0 Å². The Balaban J connectivity index is 4.09. The van der Waals surface area contributed by atoms with Crippen molar-refractivity contribution in [2.24, 2.45) is 0 Å². The van der Waals surface area contributed by atoms with E-state index in [2.05, 4.69) is 10.1 Å². The van der Waals surface area contributed by atoms with E-state index in [9.17, 15) is 9.59 Å². The molecule has 0 heterocycles. The summed E-state index contributed by atoms with van der Waals surface area (Å²) >= 11 is 0. The first-order valence-electron chi connectivity index (χ1n) is 6.15. The van der Waals surface area contributed by atoms with Gasteiger partial charge in [0.25, 0.3) is 0 Å². The van der Waals surface area contributed by atoms with Crippen molar-refractivity contribution in [1.29, 1.82) is 0 Å². The summed E-state index contributed by atoms with van der Waals surface area (Å²) in [5.41, 5.74) is 0. The lowest BCUT2D eigenvalue weighted by Crippen LogP contribution is -2.43. The quantitative estimate of drug-likeness (QED) is 0.641. The number of carbonyl (C=O) groups is 2. The molecule has 0 aliphatic carbocycles. The normalized spacial score (nSPS) is 10.7. The zero-order chi connectivity index (χ0) is 13.3. The Hall–Kier alpha value is -1.10. The van der Waals surface area contributed by atoms with Gasteiger partial charge < -0.3 is 10.1 Å². The number of hydrogen-bond acceptors (Lipinski definition) is 4. The van der Waals surface area contributed by atoms with Gasteiger partial charge in [-0.1, -0.05) is 20.8 Å². The molecule has 0 radical (unpaired) electrons. The zero-order valence-corrected chi connectivity index (χ0v) is 11.3. The molecular formula is C12H24N2O3. The van der Waals surface area contributed by atoms with Crippen molar-refractivity contribution < 1.29 is 14.3 Å². The van der Waals surface area contributed by atoms with Crippen LogP contribution in [0.2, 0.25) is 0 Å². The van der Waals surface area contributed by atoms with Gasteiger partial charge in [-0.05, 0) is 19.4 Å². The monoisotopic (exact) mass is 244 g/mol. The van der Waals surface area contributed by atoms with Gasteiger partial charge in [0.1, 0.15) is 0 Å². The largest absolute Gasteiger partial charge is 0.468 e. The summed E-state index contributed by atoms with van der Waals surface area (Å²) in [6.45, 7) is 7.03. The standard InChI is InChI=1S/C12H24N2O3/c1-5-10(6-2)13-11(15)8-14(7-3)9-12(16)17-4/h10H,5-9H2,1-4H3,(H,13,15). The third-order valence-corrected chi connectivity index (χ3v) is 2.75. The third-order valence-electron chi connectivity index (χ3n) is 2.75. The van der Waals surface area contributed by atoms with Crippen LogP contribution in [0.3, 0.4) is 0 Å². The number of hydrogen-bond donors (Lipinski definition) is 1. The maximum atomic E-state index is 11.7. The van der Waals surface area contributed by atoms with Gasteiger partial charge in [0, 0.05) is 6.04 Å². The number of ether oxygens (including phenoxy) is 1. The smallest absolute Gasteiger partial charge is 0.319 e. The van der Waals surface area contributed by atoms with Gasteiger partial charge in [-0.15, -0.1) is 0 Å². The van der Waals surface area contributed by atoms with Gasteiger partial charge in [0.15, 0.2) is 0 Å². The van der Waals surface area contributed by atoms with Crippen LogP contribution < -0.4 is 5.32 Å². The Morgan fingerprint density at radius 1 is 1.18 bits per heavy atom. The first kappa shape index (κ1) is 15.9. The Bertz CT molecular complexity index is 240. The Morgan fingerprint density at radius 2 is 1.76 bits per heavy atom. The second kappa shape index (κ2) is 8.98. The Morgan fingerprint density at radius 3 is 2.18 bits per heavy atom. The number of methoxy groups -OCH3 is 1. The lowest BCUT2D eigenvalue weighted by atomic mass is 10.2. The molecule has 0 unspecified atom stereocenters. The van der Waals surface area contributed by atoms with Crippen molar-refractivity contribution in [3.05, 3.63) is 0 Å². The Labute approximate surface area is 103 Å². The zero-order valence-electron chi connectivity index (χ0n) is 11.3. The molecule has 0 aromatic carbocycles. The van der Waals surface area contributed by atoms with E-state index in [1.807, 2.05) is 20.8 Å². The molecule has 5 heteroatoms. The molecule has 0 aromatic rings. The molecule has 0 spiro atoms. The molecule has 0 atom stereocenters. The second-order valence-corrected chi connectivity index (χ2v) is 3.96. The van der Waals surface area contributed by atoms with Gasteiger partial charge in [-0.2, -0.15) is 0 Å². The average molecular weight is 244 g/mol. The number of nitrogens with zero attached hydrogens (tertiary/aromatic N) is 1. The molecule has 0 aromatic heterocycles. The van der Waals surface area contributed by atoms with Crippen molar-refractivity contribution in [1.82, 2.24) is 10.2 Å². The third kappa shape index (κ3) is 6.94. The Kier molecular flexibility index (Phi) is 8.40. The van der Waals surface area contributed by atoms with Crippen LogP contribution in [0, 0.1) is 0 Å². The van der Waals surface area contributed by atoms with Crippen molar-refractivity contribution >= 4 is 11.9 Å². The SMILES string of the molecule is CCC(CC)NC(=O)CN(CC)CC(=O)OC. The minimum Gasteiger partial charge on any atom is -0.468 e. The van der Waals surface area contributed by atoms with E-state index in [-0.39, 0.29) is 31.0 Å². The predicted molar refractivity (Wildman–Crippen MR) is 66.6 cm³/mol. The number of carbonyl (C=O) groups excluding carboxylic acids is 2. The van der Waals surface area contributed by atoms with Crippen LogP contribution in [0.4, 0.5) is 0 Å². The molecule has 0 rings (SSSR count). The maximum Gasteiger partial charge on any atom is 0.319 e. The van der Waals surface area contributed by atoms with Crippen molar-refractivity contribution in [2.45, 2.75) is 39.7 Å². The first-order valence-corrected chi connectivity index (χ1v) is 6.15. The summed E-state index contributed by atoms with van der Waals surface area (Å²) in [7, 11) is 1.35. The van der Waals surface area contributed by atoms with Gasteiger partial charge in [0.2, 0.25) is 5.91 Å². The highest BCUT2D eigenvalue weighted by atomic mass is 16.5. The fourth-order valence-electron chi connectivity index (χ4n) is 1.50. The number of amides is 1. The van der Waals surface area contributed by atoms with Crippen LogP contribution in [0.15, 0.2) is 0 Å². The van der Waals surface area contributed by atoms with E-state index in [1.165, 1.54) is 7.11 Å². The van der Waals surface area contributed by atoms with Crippen LogP contribution in [0.1, 0.15) is 33.6 Å². The second-order valence-electron chi connectivity index (χ2n) is 3.96. The highest BCUT2D eigenvalue weighted by Crippen LogP contribution is 1.96. The van der Waals surface area contributed by atoms with E-state index in [0.29, 0.717) is 6.54 Å². The minimum absolute atomic E-state index is 0.0375. The number of likely N-dealkylation sites (N-methyl/N-ethyl adjacent to an activating group) is 1. The highest BCUT2D eigenvalue weighted by molar-refractivity contribution is 5.79. The summed E-state index contributed by atoms with van der Waals surface area (Å²) in [6, 6.07) is 0.222. The van der Waals surface area contributed by atoms with E-state index < -0.39 is 0 Å².